The van der Waals surface area contributed by atoms with Crippen LogP contribution in [0.2, 0.25) is 0 Å². The Kier molecular flexibility index (Phi) is 5.40. The third kappa shape index (κ3) is 4.63. The van der Waals surface area contributed by atoms with E-state index in [4.69, 9.17) is 10.8 Å². The third-order valence-corrected chi connectivity index (χ3v) is 3.09. The maximum Gasteiger partial charge on any atom is 0.0431 e. The van der Waals surface area contributed by atoms with Crippen LogP contribution in [0.15, 0.2) is 0 Å². The lowest BCUT2D eigenvalue weighted by atomic mass is 9.84. The van der Waals surface area contributed by atoms with Gasteiger partial charge in [0.2, 0.25) is 0 Å². The molecule has 1 aliphatic rings. The minimum atomic E-state index is 0.290. The lowest BCUT2D eigenvalue weighted by molar-refractivity contribution is 0.265. The predicted octanol–water partition coefficient (Wildman–Crippen LogP) is 2.06. The molecule has 0 aromatic rings. The lowest BCUT2D eigenvalue weighted by Crippen LogP contribution is -2.24. The van der Waals surface area contributed by atoms with Gasteiger partial charge in [-0.2, -0.15) is 0 Å². The monoisotopic (exact) mass is 185 g/mol. The molecule has 78 valence electrons. The van der Waals surface area contributed by atoms with Crippen molar-refractivity contribution in [3.63, 3.8) is 0 Å². The summed E-state index contributed by atoms with van der Waals surface area (Å²) in [7, 11) is 0. The first kappa shape index (κ1) is 11.0. The molecule has 0 saturated heterocycles. The van der Waals surface area contributed by atoms with Gasteiger partial charge in [0, 0.05) is 12.6 Å². The quantitative estimate of drug-likeness (QED) is 0.688. The Morgan fingerprint density at radius 2 is 1.92 bits per heavy atom. The molecule has 0 aromatic heterocycles. The van der Waals surface area contributed by atoms with Crippen molar-refractivity contribution in [2.24, 2.45) is 11.7 Å². The number of hydrogen-bond acceptors (Lipinski definition) is 2. The van der Waals surface area contributed by atoms with Crippen LogP contribution >= 0.6 is 0 Å². The molecule has 1 unspecified atom stereocenters. The lowest BCUT2D eigenvalue weighted by Gasteiger charge is -2.24. The van der Waals surface area contributed by atoms with Crippen LogP contribution in [-0.2, 0) is 0 Å². The molecule has 0 radical (unpaired) electrons. The Morgan fingerprint density at radius 3 is 2.54 bits per heavy atom. The largest absolute Gasteiger partial charge is 0.396 e. The van der Waals surface area contributed by atoms with E-state index in [1.807, 2.05) is 0 Å². The Hall–Kier alpha value is -0.0800. The minimum Gasteiger partial charge on any atom is -0.396 e. The first-order valence-corrected chi connectivity index (χ1v) is 5.69. The number of aliphatic hydroxyl groups is 1. The van der Waals surface area contributed by atoms with Crippen LogP contribution in [0.3, 0.4) is 0 Å². The van der Waals surface area contributed by atoms with E-state index in [0.717, 1.165) is 18.8 Å². The Bertz CT molecular complexity index is 121. The first-order valence-electron chi connectivity index (χ1n) is 5.69. The average Bonchev–Trinajstić information content (AvgIpc) is 2.16. The molecule has 0 aliphatic heterocycles. The van der Waals surface area contributed by atoms with Gasteiger partial charge in [-0.15, -0.1) is 0 Å². The topological polar surface area (TPSA) is 46.2 Å². The molecule has 13 heavy (non-hydrogen) atoms. The molecule has 1 rings (SSSR count). The molecule has 2 nitrogen and oxygen atoms in total. The maximum absolute atomic E-state index is 8.67. The van der Waals surface area contributed by atoms with Crippen molar-refractivity contribution in [3.05, 3.63) is 0 Å². The molecule has 0 aromatic carbocycles. The van der Waals surface area contributed by atoms with Crippen LogP contribution in [0.4, 0.5) is 0 Å². The van der Waals surface area contributed by atoms with Gasteiger partial charge in [-0.3, -0.25) is 0 Å². The van der Waals surface area contributed by atoms with Gasteiger partial charge in [-0.05, 0) is 25.2 Å². The summed E-state index contributed by atoms with van der Waals surface area (Å²) < 4.78 is 0. The van der Waals surface area contributed by atoms with Crippen LogP contribution in [0.25, 0.3) is 0 Å². The molecule has 2 heteroatoms. The molecule has 1 saturated carbocycles. The van der Waals surface area contributed by atoms with Gasteiger partial charge in [0.1, 0.15) is 0 Å². The fourth-order valence-electron chi connectivity index (χ4n) is 2.32. The minimum absolute atomic E-state index is 0.290. The highest BCUT2D eigenvalue weighted by molar-refractivity contribution is 4.71. The van der Waals surface area contributed by atoms with E-state index in [1.54, 1.807) is 0 Å². The summed E-state index contributed by atoms with van der Waals surface area (Å²) in [6.45, 7) is 0.290. The molecule has 0 heterocycles. The molecule has 3 N–H and O–H groups in total. The zero-order chi connectivity index (χ0) is 9.52. The molecular weight excluding hydrogens is 162 g/mol. The molecule has 1 aliphatic carbocycles. The zero-order valence-corrected chi connectivity index (χ0v) is 8.54. The predicted molar refractivity (Wildman–Crippen MR) is 55.5 cm³/mol. The fraction of sp³-hybridized carbons (Fsp3) is 1.00. The standard InChI is InChI=1S/C11H23NO/c12-11(7-4-8-13)9-10-5-2-1-3-6-10/h10-11,13H,1-9,12H2. The van der Waals surface area contributed by atoms with Gasteiger partial charge in [-0.1, -0.05) is 32.1 Å². The summed E-state index contributed by atoms with van der Waals surface area (Å²) in [5.41, 5.74) is 5.98. The van der Waals surface area contributed by atoms with Gasteiger partial charge in [0.15, 0.2) is 0 Å². The van der Waals surface area contributed by atoms with Crippen molar-refractivity contribution in [2.45, 2.75) is 57.4 Å². The second kappa shape index (κ2) is 6.39. The van der Waals surface area contributed by atoms with Crippen LogP contribution in [0.1, 0.15) is 51.4 Å². The van der Waals surface area contributed by atoms with Crippen molar-refractivity contribution < 1.29 is 5.11 Å². The summed E-state index contributed by atoms with van der Waals surface area (Å²) in [6.07, 6.45) is 10.0. The van der Waals surface area contributed by atoms with Gasteiger partial charge in [0.05, 0.1) is 0 Å². The SMILES string of the molecule is NC(CCCO)CC1CCCCC1. The summed E-state index contributed by atoms with van der Waals surface area (Å²) in [6, 6.07) is 0.329. The molecule has 0 spiro atoms. The number of aliphatic hydroxyl groups excluding tert-OH is 1. The van der Waals surface area contributed by atoms with Crippen molar-refractivity contribution >= 4 is 0 Å². The van der Waals surface area contributed by atoms with Crippen LogP contribution < -0.4 is 5.73 Å². The number of rotatable bonds is 5. The summed E-state index contributed by atoms with van der Waals surface area (Å²) in [4.78, 5) is 0. The molecule has 0 amide bonds. The van der Waals surface area contributed by atoms with E-state index in [2.05, 4.69) is 0 Å². The Balaban J connectivity index is 2.07. The van der Waals surface area contributed by atoms with E-state index < -0.39 is 0 Å². The van der Waals surface area contributed by atoms with Crippen molar-refractivity contribution in [1.82, 2.24) is 0 Å². The molecule has 1 atom stereocenters. The highest BCUT2D eigenvalue weighted by atomic mass is 16.2. The smallest absolute Gasteiger partial charge is 0.0431 e. The van der Waals surface area contributed by atoms with Crippen LogP contribution in [-0.4, -0.2) is 17.8 Å². The highest BCUT2D eigenvalue weighted by Gasteiger charge is 2.16. The van der Waals surface area contributed by atoms with E-state index in [-0.39, 0.29) is 0 Å². The fourth-order valence-corrected chi connectivity index (χ4v) is 2.32. The van der Waals surface area contributed by atoms with Gasteiger partial charge >= 0.3 is 0 Å². The van der Waals surface area contributed by atoms with Gasteiger partial charge < -0.3 is 10.8 Å². The van der Waals surface area contributed by atoms with Gasteiger partial charge in [0.25, 0.3) is 0 Å². The van der Waals surface area contributed by atoms with E-state index in [0.29, 0.717) is 12.6 Å². The maximum atomic E-state index is 8.67. The summed E-state index contributed by atoms with van der Waals surface area (Å²) >= 11 is 0. The third-order valence-electron chi connectivity index (χ3n) is 3.09. The first-order chi connectivity index (χ1) is 6.33. The Morgan fingerprint density at radius 1 is 1.23 bits per heavy atom. The van der Waals surface area contributed by atoms with Crippen LogP contribution in [0.5, 0.6) is 0 Å². The van der Waals surface area contributed by atoms with E-state index >= 15 is 0 Å². The second-order valence-electron chi connectivity index (χ2n) is 4.37. The van der Waals surface area contributed by atoms with E-state index in [1.165, 1.54) is 38.5 Å². The molecule has 1 fully saturated rings. The normalized spacial score (nSPS) is 21.7. The Labute approximate surface area is 81.5 Å². The van der Waals surface area contributed by atoms with Crippen LogP contribution in [0, 0.1) is 5.92 Å². The summed E-state index contributed by atoms with van der Waals surface area (Å²) in [5.74, 6) is 0.877. The highest BCUT2D eigenvalue weighted by Crippen LogP contribution is 2.27. The van der Waals surface area contributed by atoms with Crippen molar-refractivity contribution in [1.29, 1.82) is 0 Å². The van der Waals surface area contributed by atoms with Crippen molar-refractivity contribution in [2.75, 3.05) is 6.61 Å². The van der Waals surface area contributed by atoms with Crippen molar-refractivity contribution in [3.8, 4) is 0 Å². The second-order valence-corrected chi connectivity index (χ2v) is 4.37. The van der Waals surface area contributed by atoms with E-state index in [9.17, 15) is 0 Å². The zero-order valence-electron chi connectivity index (χ0n) is 8.54. The van der Waals surface area contributed by atoms with Gasteiger partial charge in [-0.25, -0.2) is 0 Å². The number of hydrogen-bond donors (Lipinski definition) is 2. The summed E-state index contributed by atoms with van der Waals surface area (Å²) in [5, 5.41) is 8.67. The molecular formula is C11H23NO. The number of nitrogens with two attached hydrogens (primary N) is 1. The average molecular weight is 185 g/mol. The molecule has 0 bridgehead atoms.